The van der Waals surface area contributed by atoms with E-state index in [2.05, 4.69) is 70.3 Å². The number of Topliss-reactive ketones (excluding diaryl/α,β-unsaturated/α-hetero) is 1. The number of carbonyl (C=O) groups is 1. The minimum absolute atomic E-state index is 0.141. The molecule has 0 aliphatic heterocycles. The van der Waals surface area contributed by atoms with Crippen LogP contribution in [0.3, 0.4) is 0 Å². The molecule has 0 spiro atoms. The highest BCUT2D eigenvalue weighted by Gasteiger charge is 2.62. The number of hydrogen-bond donors (Lipinski definition) is 0. The molecule has 0 N–H and O–H groups in total. The van der Waals surface area contributed by atoms with Gasteiger partial charge >= 0.3 is 0 Å². The molecule has 0 aromatic heterocycles. The van der Waals surface area contributed by atoms with Crippen LogP contribution in [0.25, 0.3) is 0 Å². The molecule has 32 heavy (non-hydrogen) atoms. The summed E-state index contributed by atoms with van der Waals surface area (Å²) >= 11 is 0. The van der Waals surface area contributed by atoms with E-state index < -0.39 is 8.32 Å². The first-order chi connectivity index (χ1) is 15.2. The first-order valence-electron chi connectivity index (χ1n) is 13.1. The summed E-state index contributed by atoms with van der Waals surface area (Å²) in [5.74, 6) is 2.83. The average Bonchev–Trinajstić information content (AvgIpc) is 3.09. The summed E-state index contributed by atoms with van der Waals surface area (Å²) in [6.07, 6.45) is 11.9. The maximum atomic E-state index is 13.7. The Morgan fingerprint density at radius 1 is 1.06 bits per heavy atom. The Bertz CT molecular complexity index is 905. The summed E-state index contributed by atoms with van der Waals surface area (Å²) in [6.45, 7) is 11.8. The molecule has 0 radical (unpaired) electrons. The molecule has 4 aliphatic rings. The number of carbonyl (C=O) groups excluding carboxylic acids is 1. The zero-order chi connectivity index (χ0) is 22.7. The van der Waals surface area contributed by atoms with Crippen molar-refractivity contribution in [1.82, 2.24) is 0 Å². The van der Waals surface area contributed by atoms with Gasteiger partial charge < -0.3 is 4.43 Å². The first-order valence-corrected chi connectivity index (χ1v) is 16.0. The quantitative estimate of drug-likeness (QED) is 0.380. The zero-order valence-corrected chi connectivity index (χ0v) is 21.8. The summed E-state index contributed by atoms with van der Waals surface area (Å²) in [4.78, 5) is 13.7. The maximum Gasteiger partial charge on any atom is 0.218 e. The highest BCUT2D eigenvalue weighted by atomic mass is 28.4. The van der Waals surface area contributed by atoms with Crippen LogP contribution in [0.15, 0.2) is 42.0 Å². The number of ketones is 1. The van der Waals surface area contributed by atoms with Gasteiger partial charge in [-0.2, -0.15) is 0 Å². The fourth-order valence-electron chi connectivity index (χ4n) is 8.79. The molecule has 174 valence electrons. The molecule has 3 heteroatoms. The Morgan fingerprint density at radius 3 is 2.53 bits per heavy atom. The van der Waals surface area contributed by atoms with Gasteiger partial charge in [-0.15, -0.1) is 0 Å². The Labute approximate surface area is 196 Å². The van der Waals surface area contributed by atoms with Crippen molar-refractivity contribution in [2.45, 2.75) is 91.3 Å². The lowest BCUT2D eigenvalue weighted by Gasteiger charge is -2.60. The van der Waals surface area contributed by atoms with E-state index >= 15 is 0 Å². The summed E-state index contributed by atoms with van der Waals surface area (Å²) in [6, 6.07) is 10.8. The van der Waals surface area contributed by atoms with Gasteiger partial charge in [0.25, 0.3) is 0 Å². The number of benzene rings is 1. The van der Waals surface area contributed by atoms with Crippen molar-refractivity contribution >= 4 is 19.3 Å². The van der Waals surface area contributed by atoms with Gasteiger partial charge in [-0.25, -0.2) is 0 Å². The van der Waals surface area contributed by atoms with Crippen LogP contribution in [-0.4, -0.2) is 20.2 Å². The predicted molar refractivity (Wildman–Crippen MR) is 134 cm³/mol. The minimum atomic E-state index is -1.91. The third-order valence-corrected chi connectivity index (χ3v) is 13.1. The topological polar surface area (TPSA) is 26.3 Å². The molecule has 0 heterocycles. The lowest BCUT2D eigenvalue weighted by atomic mass is 9.44. The maximum absolute atomic E-state index is 13.7. The molecule has 2 nitrogen and oxygen atoms in total. The third kappa shape index (κ3) is 3.41. The fourth-order valence-corrected chi connectivity index (χ4v) is 11.0. The van der Waals surface area contributed by atoms with Crippen LogP contribution in [0, 0.1) is 34.5 Å². The second kappa shape index (κ2) is 7.94. The Kier molecular flexibility index (Phi) is 5.61. The lowest BCUT2D eigenvalue weighted by molar-refractivity contribution is -0.156. The zero-order valence-electron chi connectivity index (χ0n) is 20.8. The van der Waals surface area contributed by atoms with Crippen molar-refractivity contribution in [3.05, 3.63) is 42.0 Å². The van der Waals surface area contributed by atoms with Crippen LogP contribution < -0.4 is 5.19 Å². The monoisotopic (exact) mass is 450 g/mol. The molecule has 4 aliphatic carbocycles. The van der Waals surface area contributed by atoms with E-state index in [0.29, 0.717) is 29.6 Å². The number of fused-ring (bicyclic) bond motifs is 5. The largest absolute Gasteiger partial charge is 0.410 e. The second-order valence-electron chi connectivity index (χ2n) is 12.3. The molecule has 1 aromatic carbocycles. The predicted octanol–water partition coefficient (Wildman–Crippen LogP) is 6.65. The van der Waals surface area contributed by atoms with E-state index in [-0.39, 0.29) is 16.7 Å². The van der Waals surface area contributed by atoms with E-state index in [4.69, 9.17) is 4.43 Å². The molecular formula is C29H42O2Si. The van der Waals surface area contributed by atoms with E-state index in [1.807, 2.05) is 0 Å². The van der Waals surface area contributed by atoms with Gasteiger partial charge in [0.05, 0.1) is 0 Å². The van der Waals surface area contributed by atoms with E-state index in [0.717, 1.165) is 25.7 Å². The van der Waals surface area contributed by atoms with Gasteiger partial charge in [0, 0.05) is 18.4 Å². The average molecular weight is 451 g/mol. The molecule has 5 rings (SSSR count). The molecule has 0 amide bonds. The van der Waals surface area contributed by atoms with Crippen molar-refractivity contribution in [2.75, 3.05) is 0 Å². The van der Waals surface area contributed by atoms with Crippen molar-refractivity contribution in [2.24, 2.45) is 34.5 Å². The number of rotatable bonds is 3. The van der Waals surface area contributed by atoms with Gasteiger partial charge in [0.1, 0.15) is 5.78 Å². The van der Waals surface area contributed by atoms with Crippen molar-refractivity contribution < 1.29 is 9.22 Å². The van der Waals surface area contributed by atoms with E-state index in [1.54, 1.807) is 5.57 Å². The van der Waals surface area contributed by atoms with Gasteiger partial charge in [-0.3, -0.25) is 4.79 Å². The Balaban J connectivity index is 1.34. The third-order valence-electron chi connectivity index (χ3n) is 10.4. The number of hydrogen-bond acceptors (Lipinski definition) is 2. The Morgan fingerprint density at radius 2 is 1.81 bits per heavy atom. The highest BCUT2D eigenvalue weighted by molar-refractivity contribution is 6.84. The van der Waals surface area contributed by atoms with Gasteiger partial charge in [0.15, 0.2) is 0 Å². The van der Waals surface area contributed by atoms with Crippen LogP contribution in [-0.2, 0) is 9.22 Å². The van der Waals surface area contributed by atoms with Crippen molar-refractivity contribution in [3.63, 3.8) is 0 Å². The van der Waals surface area contributed by atoms with Gasteiger partial charge in [0.2, 0.25) is 8.32 Å². The molecule has 4 fully saturated rings. The number of allylic oxidation sites excluding steroid dienone is 2. The molecule has 0 unspecified atom stereocenters. The van der Waals surface area contributed by atoms with Gasteiger partial charge in [-0.05, 0) is 98.7 Å². The summed E-state index contributed by atoms with van der Waals surface area (Å²) in [5.41, 5.74) is 1.88. The summed E-state index contributed by atoms with van der Waals surface area (Å²) < 4.78 is 6.88. The van der Waals surface area contributed by atoms with Crippen LogP contribution in [0.2, 0.25) is 13.1 Å². The highest BCUT2D eigenvalue weighted by Crippen LogP contribution is 2.66. The molecule has 0 saturated heterocycles. The summed E-state index contributed by atoms with van der Waals surface area (Å²) in [7, 11) is -1.91. The first kappa shape index (κ1) is 22.6. The SMILES string of the molecule is C/C=C1/CC[C@H]2[C@@H]3CC[C@H]4C[C@H](O[Si](C)(C)c5ccccc5)CC[C@]4(C)[C@H]3C(=O)C[C@]12C. The lowest BCUT2D eigenvalue weighted by Crippen LogP contribution is -2.58. The Hall–Kier alpha value is -1.19. The molecular weight excluding hydrogens is 408 g/mol. The van der Waals surface area contributed by atoms with E-state index in [1.165, 1.54) is 30.9 Å². The second-order valence-corrected chi connectivity index (χ2v) is 16.2. The smallest absolute Gasteiger partial charge is 0.218 e. The molecule has 7 atom stereocenters. The van der Waals surface area contributed by atoms with E-state index in [9.17, 15) is 4.79 Å². The van der Waals surface area contributed by atoms with Gasteiger partial charge in [-0.1, -0.05) is 55.8 Å². The molecule has 0 bridgehead atoms. The minimum Gasteiger partial charge on any atom is -0.410 e. The summed E-state index contributed by atoms with van der Waals surface area (Å²) in [5, 5.41) is 1.39. The van der Waals surface area contributed by atoms with Crippen LogP contribution in [0.4, 0.5) is 0 Å². The van der Waals surface area contributed by atoms with Crippen LogP contribution >= 0.6 is 0 Å². The molecule has 4 saturated carbocycles. The van der Waals surface area contributed by atoms with Crippen LogP contribution in [0.1, 0.15) is 72.1 Å². The normalized spacial score (nSPS) is 43.0. The fraction of sp³-hybridized carbons (Fsp3) is 0.690. The molecule has 1 aromatic rings. The van der Waals surface area contributed by atoms with Crippen LogP contribution in [0.5, 0.6) is 0 Å². The van der Waals surface area contributed by atoms with Crippen molar-refractivity contribution in [1.29, 1.82) is 0 Å². The standard InChI is InChI=1S/C29H42O2Si/c1-6-20-13-15-25-24-14-12-21-18-22(31-32(4,5)23-10-8-7-9-11-23)16-17-28(21,2)27(24)26(30)19-29(20,25)3/h6-11,21-22,24-25,27H,12-19H2,1-5H3/b20-6-/t21-,22+,24-,25-,27+,28-,29+/m0/s1. The van der Waals surface area contributed by atoms with Crippen molar-refractivity contribution in [3.8, 4) is 0 Å².